The van der Waals surface area contributed by atoms with E-state index < -0.39 is 0 Å². The van der Waals surface area contributed by atoms with Crippen LogP contribution in [0.5, 0.6) is 0 Å². The van der Waals surface area contributed by atoms with E-state index in [2.05, 4.69) is 31.2 Å². The smallest absolute Gasteiger partial charge is 0.171 e. The average molecular weight is 224 g/mol. The quantitative estimate of drug-likeness (QED) is 0.781. The van der Waals surface area contributed by atoms with Crippen LogP contribution in [0.4, 0.5) is 11.5 Å². The maximum atomic E-state index is 5.82. The monoisotopic (exact) mass is 224 g/mol. The van der Waals surface area contributed by atoms with Gasteiger partial charge in [0.1, 0.15) is 0 Å². The van der Waals surface area contributed by atoms with Crippen molar-refractivity contribution in [2.24, 2.45) is 13.0 Å². The maximum Gasteiger partial charge on any atom is 0.171 e. The van der Waals surface area contributed by atoms with E-state index in [0.717, 1.165) is 23.8 Å². The van der Waals surface area contributed by atoms with Crippen molar-refractivity contribution < 1.29 is 0 Å². The molecule has 3 N–H and O–H groups in total. The number of nitrogen functional groups attached to an aromatic ring is 1. The Balaban J connectivity index is 2.34. The zero-order chi connectivity index (χ0) is 12.1. The summed E-state index contributed by atoms with van der Waals surface area (Å²) in [6.07, 6.45) is 5.51. The van der Waals surface area contributed by atoms with E-state index in [9.17, 15) is 0 Å². The normalized spacial score (nSPS) is 13.1. The molecule has 0 aliphatic carbocycles. The summed E-state index contributed by atoms with van der Waals surface area (Å²) in [5, 5.41) is 7.62. The number of anilines is 2. The molecule has 1 rings (SSSR count). The van der Waals surface area contributed by atoms with E-state index in [4.69, 9.17) is 5.73 Å². The lowest BCUT2D eigenvalue weighted by Gasteiger charge is -2.14. The summed E-state index contributed by atoms with van der Waals surface area (Å²) in [5.74, 6) is 1.59. The van der Waals surface area contributed by atoms with E-state index in [1.807, 2.05) is 13.2 Å². The second-order valence-corrected chi connectivity index (χ2v) is 4.98. The SMILES string of the molecule is CC(C)CCCC(C)Nc1nn(C)cc1N. The molecule has 16 heavy (non-hydrogen) atoms. The first-order chi connectivity index (χ1) is 7.49. The molecule has 4 heteroatoms. The standard InChI is InChI=1S/C12H24N4/c1-9(2)6-5-7-10(3)14-12-11(13)8-16(4)15-12/h8-10H,5-7,13H2,1-4H3,(H,14,15). The summed E-state index contributed by atoms with van der Waals surface area (Å²) in [4.78, 5) is 0. The molecule has 92 valence electrons. The molecule has 0 spiro atoms. The van der Waals surface area contributed by atoms with Gasteiger partial charge in [0.15, 0.2) is 5.82 Å². The molecule has 0 fully saturated rings. The van der Waals surface area contributed by atoms with Crippen molar-refractivity contribution in [3.8, 4) is 0 Å². The highest BCUT2D eigenvalue weighted by molar-refractivity contribution is 5.60. The molecule has 1 atom stereocenters. The van der Waals surface area contributed by atoms with Gasteiger partial charge in [-0.15, -0.1) is 0 Å². The summed E-state index contributed by atoms with van der Waals surface area (Å²) < 4.78 is 1.73. The van der Waals surface area contributed by atoms with Gasteiger partial charge in [-0.25, -0.2) is 0 Å². The highest BCUT2D eigenvalue weighted by atomic mass is 15.3. The second kappa shape index (κ2) is 5.77. The van der Waals surface area contributed by atoms with Crippen molar-refractivity contribution in [2.75, 3.05) is 11.1 Å². The fourth-order valence-electron chi connectivity index (χ4n) is 1.76. The lowest BCUT2D eigenvalue weighted by Crippen LogP contribution is -2.16. The predicted octanol–water partition coefficient (Wildman–Crippen LogP) is 2.63. The third-order valence-electron chi connectivity index (χ3n) is 2.66. The van der Waals surface area contributed by atoms with Gasteiger partial charge < -0.3 is 11.1 Å². The Kier molecular flexibility index (Phi) is 4.65. The molecule has 1 heterocycles. The van der Waals surface area contributed by atoms with Crippen molar-refractivity contribution in [1.29, 1.82) is 0 Å². The van der Waals surface area contributed by atoms with E-state index >= 15 is 0 Å². The average Bonchev–Trinajstić information content (AvgIpc) is 2.44. The van der Waals surface area contributed by atoms with Crippen LogP contribution in [-0.2, 0) is 7.05 Å². The Morgan fingerprint density at radius 1 is 1.38 bits per heavy atom. The fourth-order valence-corrected chi connectivity index (χ4v) is 1.76. The van der Waals surface area contributed by atoms with Gasteiger partial charge >= 0.3 is 0 Å². The zero-order valence-corrected chi connectivity index (χ0v) is 10.8. The number of nitrogens with zero attached hydrogens (tertiary/aromatic N) is 2. The summed E-state index contributed by atoms with van der Waals surface area (Å²) in [6.45, 7) is 6.69. The van der Waals surface area contributed by atoms with Gasteiger partial charge in [0, 0.05) is 19.3 Å². The highest BCUT2D eigenvalue weighted by Crippen LogP contribution is 2.17. The largest absolute Gasteiger partial charge is 0.394 e. The van der Waals surface area contributed by atoms with Crippen molar-refractivity contribution in [2.45, 2.75) is 46.1 Å². The van der Waals surface area contributed by atoms with Crippen LogP contribution in [0.1, 0.15) is 40.0 Å². The van der Waals surface area contributed by atoms with Crippen molar-refractivity contribution in [1.82, 2.24) is 9.78 Å². The van der Waals surface area contributed by atoms with Gasteiger partial charge in [-0.1, -0.05) is 26.7 Å². The van der Waals surface area contributed by atoms with Crippen LogP contribution >= 0.6 is 0 Å². The summed E-state index contributed by atoms with van der Waals surface area (Å²) in [5.41, 5.74) is 6.54. The van der Waals surface area contributed by atoms with E-state index in [1.54, 1.807) is 4.68 Å². The molecule has 0 aliphatic rings. The third kappa shape index (κ3) is 4.13. The summed E-state index contributed by atoms with van der Waals surface area (Å²) in [6, 6.07) is 0.427. The Labute approximate surface area is 98.2 Å². The van der Waals surface area contributed by atoms with Gasteiger partial charge in [-0.2, -0.15) is 5.10 Å². The number of nitrogens with one attached hydrogen (secondary N) is 1. The first-order valence-electron chi connectivity index (χ1n) is 6.04. The van der Waals surface area contributed by atoms with Crippen molar-refractivity contribution in [3.63, 3.8) is 0 Å². The van der Waals surface area contributed by atoms with Crippen LogP contribution < -0.4 is 11.1 Å². The molecule has 0 amide bonds. The Morgan fingerprint density at radius 3 is 2.56 bits per heavy atom. The number of nitrogens with two attached hydrogens (primary N) is 1. The van der Waals surface area contributed by atoms with Crippen molar-refractivity contribution in [3.05, 3.63) is 6.20 Å². The van der Waals surface area contributed by atoms with E-state index in [-0.39, 0.29) is 0 Å². The van der Waals surface area contributed by atoms with Gasteiger partial charge in [0.25, 0.3) is 0 Å². The molecule has 0 aliphatic heterocycles. The number of rotatable bonds is 6. The van der Waals surface area contributed by atoms with Crippen LogP contribution in [0, 0.1) is 5.92 Å². The van der Waals surface area contributed by atoms with Crippen LogP contribution in [-0.4, -0.2) is 15.8 Å². The molecule has 0 radical (unpaired) electrons. The van der Waals surface area contributed by atoms with Crippen molar-refractivity contribution >= 4 is 11.5 Å². The third-order valence-corrected chi connectivity index (χ3v) is 2.66. The second-order valence-electron chi connectivity index (χ2n) is 4.98. The van der Waals surface area contributed by atoms with E-state index in [0.29, 0.717) is 6.04 Å². The molecule has 0 saturated heterocycles. The maximum absolute atomic E-state index is 5.82. The summed E-state index contributed by atoms with van der Waals surface area (Å²) in [7, 11) is 1.88. The minimum Gasteiger partial charge on any atom is -0.394 e. The fraction of sp³-hybridized carbons (Fsp3) is 0.750. The van der Waals surface area contributed by atoms with Crippen LogP contribution in [0.25, 0.3) is 0 Å². The Bertz CT molecular complexity index is 317. The highest BCUT2D eigenvalue weighted by Gasteiger charge is 2.08. The van der Waals surface area contributed by atoms with Crippen LogP contribution in [0.2, 0.25) is 0 Å². The molecule has 0 saturated carbocycles. The Hall–Kier alpha value is -1.19. The van der Waals surface area contributed by atoms with Crippen LogP contribution in [0.15, 0.2) is 6.20 Å². The molecule has 0 aromatic carbocycles. The zero-order valence-electron chi connectivity index (χ0n) is 10.8. The van der Waals surface area contributed by atoms with Gasteiger partial charge in [0.05, 0.1) is 5.69 Å². The topological polar surface area (TPSA) is 55.9 Å². The molecule has 4 nitrogen and oxygen atoms in total. The van der Waals surface area contributed by atoms with Crippen LogP contribution in [0.3, 0.4) is 0 Å². The summed E-state index contributed by atoms with van der Waals surface area (Å²) >= 11 is 0. The Morgan fingerprint density at radius 2 is 2.06 bits per heavy atom. The van der Waals surface area contributed by atoms with Gasteiger partial charge in [-0.05, 0) is 19.3 Å². The molecule has 1 aromatic rings. The molecule has 1 aromatic heterocycles. The molecule has 1 unspecified atom stereocenters. The molecular formula is C12H24N4. The molecule has 0 bridgehead atoms. The molecular weight excluding hydrogens is 200 g/mol. The minimum atomic E-state index is 0.427. The number of hydrogen-bond donors (Lipinski definition) is 2. The number of hydrogen-bond acceptors (Lipinski definition) is 3. The van der Waals surface area contributed by atoms with Gasteiger partial charge in [-0.3, -0.25) is 4.68 Å². The minimum absolute atomic E-state index is 0.427. The first-order valence-corrected chi connectivity index (χ1v) is 6.04. The lowest BCUT2D eigenvalue weighted by atomic mass is 10.0. The predicted molar refractivity (Wildman–Crippen MR) is 69.4 cm³/mol. The first kappa shape index (κ1) is 12.9. The van der Waals surface area contributed by atoms with E-state index in [1.165, 1.54) is 12.8 Å². The van der Waals surface area contributed by atoms with Gasteiger partial charge in [0.2, 0.25) is 0 Å². The number of aryl methyl sites for hydroxylation is 1. The number of aromatic nitrogens is 2. The lowest BCUT2D eigenvalue weighted by molar-refractivity contribution is 0.519.